The van der Waals surface area contributed by atoms with Gasteiger partial charge in [0.05, 0.1) is 11.9 Å². The first-order chi connectivity index (χ1) is 9.85. The molecule has 0 fully saturated rings. The fraction of sp³-hybridized carbons (Fsp3) is 0.0714. The van der Waals surface area contributed by atoms with Gasteiger partial charge in [0.1, 0.15) is 5.69 Å². The van der Waals surface area contributed by atoms with E-state index in [0.717, 1.165) is 23.3 Å². The third-order valence-electron chi connectivity index (χ3n) is 3.18. The Balaban J connectivity index is 1.87. The van der Waals surface area contributed by atoms with Gasteiger partial charge in [-0.3, -0.25) is 4.79 Å². The van der Waals surface area contributed by atoms with Gasteiger partial charge in [-0.25, -0.2) is 9.50 Å². The quantitative estimate of drug-likeness (QED) is 0.664. The summed E-state index contributed by atoms with van der Waals surface area (Å²) < 4.78 is 12.2. The Hall–Kier alpha value is -2.89. The molecule has 1 aliphatic heterocycles. The van der Waals surface area contributed by atoms with Crippen LogP contribution in [-0.4, -0.2) is 27.7 Å². The Kier molecular flexibility index (Phi) is 2.23. The summed E-state index contributed by atoms with van der Waals surface area (Å²) in [5.41, 5.74) is 2.68. The Morgan fingerprint density at radius 2 is 2.05 bits per heavy atom. The lowest BCUT2D eigenvalue weighted by molar-refractivity contribution is 0.111. The van der Waals surface area contributed by atoms with Gasteiger partial charge in [0.15, 0.2) is 23.4 Å². The lowest BCUT2D eigenvalue weighted by Gasteiger charge is -2.03. The lowest BCUT2D eigenvalue weighted by atomic mass is 10.1. The molecule has 4 rings (SSSR count). The molecule has 0 saturated carbocycles. The number of fused-ring (bicyclic) bond motifs is 2. The number of aromatic nitrogens is 3. The number of carbonyl (C=O) groups excluding carboxylic acids is 1. The molecule has 6 heteroatoms. The average molecular weight is 267 g/mol. The topological polar surface area (TPSA) is 65.7 Å². The SMILES string of the molecule is O=Cc1cnc2ccc(-c3ccc4c(c3)OCO4)nn12. The molecule has 1 aromatic carbocycles. The normalized spacial score (nSPS) is 12.8. The van der Waals surface area contributed by atoms with E-state index in [9.17, 15) is 4.79 Å². The Bertz CT molecular complexity index is 826. The highest BCUT2D eigenvalue weighted by Gasteiger charge is 2.15. The van der Waals surface area contributed by atoms with E-state index in [1.807, 2.05) is 30.3 Å². The first kappa shape index (κ1) is 11.0. The second kappa shape index (κ2) is 4.06. The summed E-state index contributed by atoms with van der Waals surface area (Å²) in [6, 6.07) is 9.29. The second-order valence-electron chi connectivity index (χ2n) is 4.36. The van der Waals surface area contributed by atoms with Crippen LogP contribution in [0.1, 0.15) is 10.5 Å². The maximum atomic E-state index is 10.9. The molecule has 0 radical (unpaired) electrons. The third-order valence-corrected chi connectivity index (χ3v) is 3.18. The van der Waals surface area contributed by atoms with Crippen LogP contribution in [0, 0.1) is 0 Å². The van der Waals surface area contributed by atoms with Crippen molar-refractivity contribution >= 4 is 11.9 Å². The average Bonchev–Trinajstić information content (AvgIpc) is 3.12. The molecule has 98 valence electrons. The van der Waals surface area contributed by atoms with Crippen molar-refractivity contribution in [2.24, 2.45) is 0 Å². The Morgan fingerprint density at radius 1 is 1.15 bits per heavy atom. The summed E-state index contributed by atoms with van der Waals surface area (Å²) in [7, 11) is 0. The van der Waals surface area contributed by atoms with Crippen LogP contribution in [0.5, 0.6) is 11.5 Å². The zero-order valence-corrected chi connectivity index (χ0v) is 10.3. The molecule has 0 bridgehead atoms. The molecule has 0 amide bonds. The second-order valence-corrected chi connectivity index (χ2v) is 4.36. The van der Waals surface area contributed by atoms with E-state index in [1.54, 1.807) is 0 Å². The molecule has 0 atom stereocenters. The highest BCUT2D eigenvalue weighted by atomic mass is 16.7. The van der Waals surface area contributed by atoms with Crippen LogP contribution >= 0.6 is 0 Å². The zero-order valence-electron chi connectivity index (χ0n) is 10.3. The summed E-state index contributed by atoms with van der Waals surface area (Å²) in [6.45, 7) is 0.238. The van der Waals surface area contributed by atoms with E-state index in [0.29, 0.717) is 17.1 Å². The predicted octanol–water partition coefficient (Wildman–Crippen LogP) is 1.94. The van der Waals surface area contributed by atoms with E-state index in [2.05, 4.69) is 10.1 Å². The van der Waals surface area contributed by atoms with Crippen molar-refractivity contribution in [2.45, 2.75) is 0 Å². The van der Waals surface area contributed by atoms with Gasteiger partial charge in [0, 0.05) is 5.56 Å². The Labute approximate surface area is 113 Å². The number of aldehydes is 1. The van der Waals surface area contributed by atoms with Gasteiger partial charge in [0.2, 0.25) is 6.79 Å². The van der Waals surface area contributed by atoms with Crippen LogP contribution in [0.25, 0.3) is 16.9 Å². The molecule has 3 heterocycles. The molecule has 0 saturated heterocycles. The molecule has 0 N–H and O–H groups in total. The minimum Gasteiger partial charge on any atom is -0.454 e. The molecule has 20 heavy (non-hydrogen) atoms. The summed E-state index contributed by atoms with van der Waals surface area (Å²) >= 11 is 0. The van der Waals surface area contributed by atoms with Crippen LogP contribution in [0.15, 0.2) is 36.5 Å². The van der Waals surface area contributed by atoms with E-state index >= 15 is 0 Å². The first-order valence-corrected chi connectivity index (χ1v) is 6.05. The third kappa shape index (κ3) is 1.55. The Morgan fingerprint density at radius 3 is 2.95 bits per heavy atom. The molecular formula is C14H9N3O3. The largest absolute Gasteiger partial charge is 0.454 e. The van der Waals surface area contributed by atoms with Gasteiger partial charge in [-0.05, 0) is 30.3 Å². The van der Waals surface area contributed by atoms with Gasteiger partial charge in [-0.1, -0.05) is 0 Å². The fourth-order valence-electron chi connectivity index (χ4n) is 2.18. The zero-order chi connectivity index (χ0) is 13.5. The number of rotatable bonds is 2. The predicted molar refractivity (Wildman–Crippen MR) is 69.9 cm³/mol. The highest BCUT2D eigenvalue weighted by molar-refractivity contribution is 5.74. The van der Waals surface area contributed by atoms with Crippen molar-refractivity contribution in [3.8, 4) is 22.8 Å². The van der Waals surface area contributed by atoms with Crippen LogP contribution in [0.3, 0.4) is 0 Å². The fourth-order valence-corrected chi connectivity index (χ4v) is 2.18. The summed E-state index contributed by atoms with van der Waals surface area (Å²) in [4.78, 5) is 15.1. The van der Waals surface area contributed by atoms with Gasteiger partial charge in [0.25, 0.3) is 0 Å². The lowest BCUT2D eigenvalue weighted by Crippen LogP contribution is -1.98. The minimum absolute atomic E-state index is 0.238. The van der Waals surface area contributed by atoms with E-state index in [1.165, 1.54) is 10.7 Å². The number of hydrogen-bond donors (Lipinski definition) is 0. The highest BCUT2D eigenvalue weighted by Crippen LogP contribution is 2.35. The monoisotopic (exact) mass is 267 g/mol. The van der Waals surface area contributed by atoms with Gasteiger partial charge in [-0.15, -0.1) is 0 Å². The van der Waals surface area contributed by atoms with E-state index < -0.39 is 0 Å². The summed E-state index contributed by atoms with van der Waals surface area (Å²) in [6.07, 6.45) is 2.23. The molecule has 1 aliphatic rings. The van der Waals surface area contributed by atoms with Crippen molar-refractivity contribution in [3.63, 3.8) is 0 Å². The van der Waals surface area contributed by atoms with Gasteiger partial charge < -0.3 is 9.47 Å². The summed E-state index contributed by atoms with van der Waals surface area (Å²) in [5.74, 6) is 1.43. The molecule has 3 aromatic rings. The number of ether oxygens (including phenoxy) is 2. The molecular weight excluding hydrogens is 258 g/mol. The van der Waals surface area contributed by atoms with Crippen molar-refractivity contribution in [2.75, 3.05) is 6.79 Å². The van der Waals surface area contributed by atoms with E-state index in [-0.39, 0.29) is 6.79 Å². The van der Waals surface area contributed by atoms with Crippen LogP contribution < -0.4 is 9.47 Å². The maximum absolute atomic E-state index is 10.9. The molecule has 6 nitrogen and oxygen atoms in total. The number of benzene rings is 1. The number of carbonyl (C=O) groups is 1. The van der Waals surface area contributed by atoms with Crippen molar-refractivity contribution < 1.29 is 14.3 Å². The van der Waals surface area contributed by atoms with Crippen molar-refractivity contribution in [1.82, 2.24) is 14.6 Å². The standard InChI is InChI=1S/C14H9N3O3/c18-7-10-6-15-14-4-2-11(16-17(10)14)9-1-3-12-13(5-9)20-8-19-12/h1-7H,8H2. The van der Waals surface area contributed by atoms with Crippen LogP contribution in [0.4, 0.5) is 0 Å². The van der Waals surface area contributed by atoms with Crippen LogP contribution in [0.2, 0.25) is 0 Å². The number of hydrogen-bond acceptors (Lipinski definition) is 5. The molecule has 0 aliphatic carbocycles. The molecule has 0 unspecified atom stereocenters. The van der Waals surface area contributed by atoms with Crippen molar-refractivity contribution in [3.05, 3.63) is 42.2 Å². The van der Waals surface area contributed by atoms with Gasteiger partial charge in [-0.2, -0.15) is 5.10 Å². The van der Waals surface area contributed by atoms with E-state index in [4.69, 9.17) is 9.47 Å². The number of nitrogens with zero attached hydrogens (tertiary/aromatic N) is 3. The molecule has 0 spiro atoms. The summed E-state index contributed by atoms with van der Waals surface area (Å²) in [5, 5.41) is 4.43. The molecule has 2 aromatic heterocycles. The minimum atomic E-state index is 0.238. The smallest absolute Gasteiger partial charge is 0.231 e. The maximum Gasteiger partial charge on any atom is 0.231 e. The van der Waals surface area contributed by atoms with Gasteiger partial charge >= 0.3 is 0 Å². The van der Waals surface area contributed by atoms with Crippen molar-refractivity contribution in [1.29, 1.82) is 0 Å². The van der Waals surface area contributed by atoms with Crippen LogP contribution in [-0.2, 0) is 0 Å². The number of imidazole rings is 1. The first-order valence-electron chi connectivity index (χ1n) is 6.05.